The van der Waals surface area contributed by atoms with E-state index >= 15 is 0 Å². The predicted octanol–water partition coefficient (Wildman–Crippen LogP) is 3.49. The van der Waals surface area contributed by atoms with Crippen LogP contribution in [0.5, 0.6) is 0 Å². The maximum atomic E-state index is 12.5. The third-order valence-corrected chi connectivity index (χ3v) is 8.33. The normalized spacial score (nSPS) is 24.4. The molecule has 1 fully saturated rings. The number of amides is 1. The molecule has 15 heteroatoms. The van der Waals surface area contributed by atoms with Crippen molar-refractivity contribution in [1.82, 2.24) is 14.9 Å². The number of rotatable bonds is 21. The Balaban J connectivity index is 1.74. The molecule has 42 heavy (non-hydrogen) atoms. The van der Waals surface area contributed by atoms with E-state index in [1.54, 1.807) is 0 Å². The zero-order valence-corrected chi connectivity index (χ0v) is 26.6. The molecule has 2 rings (SSSR count). The van der Waals surface area contributed by atoms with E-state index in [-0.39, 0.29) is 23.9 Å². The Bertz CT molecular complexity index is 1110. The number of phosphoric acid groups is 1. The Morgan fingerprint density at radius 2 is 1.79 bits per heavy atom. The number of phosphoric ester groups is 1. The molecule has 1 aromatic heterocycles. The van der Waals surface area contributed by atoms with E-state index in [9.17, 15) is 29.3 Å². The molecule has 6 atom stereocenters. The van der Waals surface area contributed by atoms with Gasteiger partial charge in [-0.2, -0.15) is 0 Å². The number of carbonyl (C=O) groups is 1. The zero-order valence-electron chi connectivity index (χ0n) is 24.9. The fourth-order valence-corrected chi connectivity index (χ4v) is 5.75. The van der Waals surface area contributed by atoms with E-state index in [4.69, 9.17) is 30.7 Å². The summed E-state index contributed by atoms with van der Waals surface area (Å²) in [5.41, 5.74) is -2.32. The number of nitrogens with zero attached hydrogens (tertiary/aromatic N) is 1. The first kappa shape index (κ1) is 36.7. The number of H-pyrrole nitrogens is 1. The molecule has 242 valence electrons. The van der Waals surface area contributed by atoms with Crippen LogP contribution in [-0.4, -0.2) is 80.8 Å². The van der Waals surface area contributed by atoms with Crippen molar-refractivity contribution >= 4 is 25.9 Å². The summed E-state index contributed by atoms with van der Waals surface area (Å²) in [7, 11) is -4.64. The number of carbonyl (C=O) groups excluding carboxylic acids is 1. The van der Waals surface area contributed by atoms with Crippen LogP contribution in [0.1, 0.15) is 91.2 Å². The second-order valence-corrected chi connectivity index (χ2v) is 12.8. The smallest absolute Gasteiger partial charge is 0.387 e. The second-order valence-electron chi connectivity index (χ2n) is 10.9. The van der Waals surface area contributed by atoms with Gasteiger partial charge in [0, 0.05) is 25.8 Å². The number of aliphatic hydroxyl groups is 2. The molecule has 3 unspecified atom stereocenters. The third-order valence-electron chi connectivity index (χ3n) is 7.07. The number of hydrogen-bond acceptors (Lipinski definition) is 10. The molecule has 0 spiro atoms. The van der Waals surface area contributed by atoms with Crippen molar-refractivity contribution < 1.29 is 43.0 Å². The van der Waals surface area contributed by atoms with Crippen molar-refractivity contribution in [2.75, 3.05) is 26.4 Å². The van der Waals surface area contributed by atoms with Gasteiger partial charge < -0.3 is 29.9 Å². The van der Waals surface area contributed by atoms with Crippen LogP contribution in [0.3, 0.4) is 0 Å². The van der Waals surface area contributed by atoms with Crippen LogP contribution in [0.25, 0.3) is 0 Å². The monoisotopic (exact) mass is 637 g/mol. The molecule has 1 saturated heterocycles. The lowest BCUT2D eigenvalue weighted by atomic mass is 9.96. The zero-order chi connectivity index (χ0) is 31.2. The van der Waals surface area contributed by atoms with E-state index in [2.05, 4.69) is 17.2 Å². The molecule has 5 N–H and O–H groups in total. The predicted molar refractivity (Wildman–Crippen MR) is 158 cm³/mol. The van der Waals surface area contributed by atoms with Gasteiger partial charge >= 0.3 is 7.82 Å². The topological polar surface area (TPSA) is 182 Å². The molecule has 2 heterocycles. The van der Waals surface area contributed by atoms with Crippen LogP contribution in [0.15, 0.2) is 17.1 Å². The van der Waals surface area contributed by atoms with Gasteiger partial charge in [0.05, 0.1) is 25.9 Å². The van der Waals surface area contributed by atoms with Gasteiger partial charge in [-0.1, -0.05) is 64.7 Å². The minimum absolute atomic E-state index is 0.0443. The summed E-state index contributed by atoms with van der Waals surface area (Å²) in [5.74, 6) is -0.351. The highest BCUT2D eigenvalue weighted by atomic mass is 32.1. The average Bonchev–Trinajstić information content (AvgIpc) is 3.14. The first-order chi connectivity index (χ1) is 19.9. The maximum absolute atomic E-state index is 12.5. The van der Waals surface area contributed by atoms with Crippen LogP contribution in [-0.2, 0) is 27.9 Å². The Hall–Kier alpha value is -1.48. The quantitative estimate of drug-likeness (QED) is 0.0756. The Kier molecular flexibility index (Phi) is 16.0. The van der Waals surface area contributed by atoms with Gasteiger partial charge in [-0.15, -0.1) is 0 Å². The SMILES string of the molecule is CCCCCCCCCCCCOCC(COP(=O)(O)OC[C@H]1O[C@@H](n2ccc(=O)[nH]c2=S)C(C)(O)[C@H]1O)NC(C)=O. The van der Waals surface area contributed by atoms with Gasteiger partial charge in [-0.3, -0.25) is 28.2 Å². The van der Waals surface area contributed by atoms with Crippen LogP contribution in [0, 0.1) is 4.77 Å². The van der Waals surface area contributed by atoms with Crippen LogP contribution < -0.4 is 10.9 Å². The van der Waals surface area contributed by atoms with Gasteiger partial charge in [0.2, 0.25) is 5.91 Å². The molecule has 0 bridgehead atoms. The summed E-state index contributed by atoms with van der Waals surface area (Å²) in [6, 6.07) is 0.489. The molecule has 1 amide bonds. The van der Waals surface area contributed by atoms with Crippen molar-refractivity contribution in [3.05, 3.63) is 27.4 Å². The Labute approximate surface area is 252 Å². The molecule has 0 aromatic carbocycles. The lowest BCUT2D eigenvalue weighted by molar-refractivity contribution is -0.120. The van der Waals surface area contributed by atoms with Crippen molar-refractivity contribution in [3.8, 4) is 0 Å². The number of unbranched alkanes of at least 4 members (excludes halogenated alkanes) is 9. The molecule has 0 aliphatic carbocycles. The van der Waals surface area contributed by atoms with Crippen molar-refractivity contribution in [2.45, 2.75) is 115 Å². The molecule has 1 aliphatic rings. The van der Waals surface area contributed by atoms with Crippen molar-refractivity contribution in [2.24, 2.45) is 0 Å². The van der Waals surface area contributed by atoms with Gasteiger partial charge in [0.1, 0.15) is 17.8 Å². The highest BCUT2D eigenvalue weighted by Gasteiger charge is 2.53. The Morgan fingerprint density at radius 3 is 2.38 bits per heavy atom. The van der Waals surface area contributed by atoms with Gasteiger partial charge in [0.25, 0.3) is 5.56 Å². The van der Waals surface area contributed by atoms with Gasteiger partial charge in [-0.05, 0) is 25.6 Å². The standard InChI is InChI=1S/C27H48N3O10PS/c1-4-5-6-7-8-9-10-11-12-13-16-37-17-21(28-20(2)31)18-38-41(35,36)39-19-22-24(33)27(3,34)25(40-22)30-15-14-23(32)29-26(30)42/h14-15,21-22,24-25,33-34H,4-13,16-19H2,1-3H3,(H,28,31)(H,35,36)(H,29,32,42)/t21?,22-,24+,25-,27?/m1/s1. The second kappa shape index (κ2) is 18.4. The van der Waals surface area contributed by atoms with Crippen molar-refractivity contribution in [1.29, 1.82) is 0 Å². The average molecular weight is 638 g/mol. The summed E-state index contributed by atoms with van der Waals surface area (Å²) in [6.45, 7) is 4.47. The molecule has 0 saturated carbocycles. The van der Waals surface area contributed by atoms with Crippen molar-refractivity contribution in [3.63, 3.8) is 0 Å². The van der Waals surface area contributed by atoms with E-state index in [1.165, 1.54) is 75.6 Å². The number of aliphatic hydroxyl groups excluding tert-OH is 1. The fourth-order valence-electron chi connectivity index (χ4n) is 4.71. The molecule has 0 radical (unpaired) electrons. The first-order valence-corrected chi connectivity index (χ1v) is 16.6. The number of ether oxygens (including phenoxy) is 2. The highest BCUT2D eigenvalue weighted by Crippen LogP contribution is 2.45. The molecule has 1 aliphatic heterocycles. The first-order valence-electron chi connectivity index (χ1n) is 14.7. The number of nitrogens with one attached hydrogen (secondary N) is 2. The molecule has 13 nitrogen and oxygen atoms in total. The van der Waals surface area contributed by atoms with Gasteiger partial charge in [-0.25, -0.2) is 4.57 Å². The summed E-state index contributed by atoms with van der Waals surface area (Å²) in [5, 5.41) is 24.1. The molecular weight excluding hydrogens is 589 g/mol. The van der Waals surface area contributed by atoms with Gasteiger partial charge in [0.15, 0.2) is 11.0 Å². The number of hydrogen-bond donors (Lipinski definition) is 5. The minimum atomic E-state index is -4.64. The maximum Gasteiger partial charge on any atom is 0.472 e. The largest absolute Gasteiger partial charge is 0.472 e. The molecule has 1 aromatic rings. The number of aromatic nitrogens is 2. The lowest BCUT2D eigenvalue weighted by Gasteiger charge is -2.28. The Morgan fingerprint density at radius 1 is 1.17 bits per heavy atom. The third kappa shape index (κ3) is 12.6. The van der Waals surface area contributed by atoms with Crippen LogP contribution in [0.4, 0.5) is 0 Å². The van der Waals surface area contributed by atoms with E-state index in [0.29, 0.717) is 6.61 Å². The lowest BCUT2D eigenvalue weighted by Crippen LogP contribution is -2.44. The summed E-state index contributed by atoms with van der Waals surface area (Å²) >= 11 is 5.11. The summed E-state index contributed by atoms with van der Waals surface area (Å²) < 4.78 is 35.2. The number of aromatic amines is 1. The minimum Gasteiger partial charge on any atom is -0.387 e. The fraction of sp³-hybridized carbons (Fsp3) is 0.815. The van der Waals surface area contributed by atoms with E-state index in [0.717, 1.165) is 19.3 Å². The highest BCUT2D eigenvalue weighted by molar-refractivity contribution is 7.71. The van der Waals surface area contributed by atoms with E-state index < -0.39 is 50.1 Å². The van der Waals surface area contributed by atoms with Crippen LogP contribution in [0.2, 0.25) is 0 Å². The van der Waals surface area contributed by atoms with Crippen LogP contribution >= 0.6 is 20.0 Å². The molecular formula is C27H48N3O10PS. The summed E-state index contributed by atoms with van der Waals surface area (Å²) in [4.78, 5) is 35.7. The summed E-state index contributed by atoms with van der Waals surface area (Å²) in [6.07, 6.45) is 9.37. The van der Waals surface area contributed by atoms with E-state index in [1.807, 2.05) is 0 Å².